The van der Waals surface area contributed by atoms with Gasteiger partial charge in [-0.25, -0.2) is 0 Å². The number of piperidine rings is 1. The van der Waals surface area contributed by atoms with Crippen molar-refractivity contribution < 1.29 is 9.90 Å². The Balaban J connectivity index is 1.22. The van der Waals surface area contributed by atoms with Crippen LogP contribution in [0.1, 0.15) is 24.0 Å². The number of pyridine rings is 1. The van der Waals surface area contributed by atoms with Crippen LogP contribution >= 0.6 is 15.9 Å². The van der Waals surface area contributed by atoms with Crippen LogP contribution in [0.4, 0.5) is 0 Å². The van der Waals surface area contributed by atoms with Crippen molar-refractivity contribution in [2.45, 2.75) is 25.9 Å². The van der Waals surface area contributed by atoms with Gasteiger partial charge in [0, 0.05) is 67.6 Å². The Kier molecular flexibility index (Phi) is 7.02. The molecular weight excluding hydrogens is 444 g/mol. The van der Waals surface area contributed by atoms with Gasteiger partial charge in [-0.3, -0.25) is 19.6 Å². The number of nitrogens with zero attached hydrogens (tertiary/aromatic N) is 4. The monoisotopic (exact) mass is 472 g/mol. The minimum absolute atomic E-state index is 0.152. The maximum Gasteiger partial charge on any atom is 0.225 e. The van der Waals surface area contributed by atoms with E-state index < -0.39 is 0 Å². The summed E-state index contributed by atoms with van der Waals surface area (Å²) >= 11 is 3.47. The summed E-state index contributed by atoms with van der Waals surface area (Å²) < 4.78 is 0.972. The van der Waals surface area contributed by atoms with E-state index in [-0.39, 0.29) is 5.92 Å². The molecule has 30 heavy (non-hydrogen) atoms. The minimum atomic E-state index is 0.152. The maximum atomic E-state index is 13.0. The van der Waals surface area contributed by atoms with Gasteiger partial charge in [-0.1, -0.05) is 15.9 Å². The van der Waals surface area contributed by atoms with Gasteiger partial charge in [-0.05, 0) is 61.8 Å². The lowest BCUT2D eigenvalue weighted by molar-refractivity contribution is -0.139. The van der Waals surface area contributed by atoms with Gasteiger partial charge < -0.3 is 10.0 Å². The number of aromatic hydroxyl groups is 1. The van der Waals surface area contributed by atoms with E-state index in [9.17, 15) is 9.90 Å². The molecule has 0 saturated carbocycles. The number of amides is 1. The number of carbonyl (C=O) groups is 1. The lowest BCUT2D eigenvalue weighted by Crippen LogP contribution is -2.51. The van der Waals surface area contributed by atoms with Crippen LogP contribution in [-0.4, -0.2) is 70.0 Å². The summed E-state index contributed by atoms with van der Waals surface area (Å²) in [6.07, 6.45) is 5.55. The zero-order valence-electron chi connectivity index (χ0n) is 17.2. The van der Waals surface area contributed by atoms with E-state index in [1.807, 2.05) is 29.4 Å². The summed E-state index contributed by atoms with van der Waals surface area (Å²) in [5, 5.41) is 10.1. The molecule has 4 rings (SSSR count). The molecule has 7 heteroatoms. The van der Waals surface area contributed by atoms with E-state index >= 15 is 0 Å². The van der Waals surface area contributed by atoms with Crippen molar-refractivity contribution >= 4 is 21.8 Å². The molecule has 2 saturated heterocycles. The van der Waals surface area contributed by atoms with Crippen LogP contribution in [-0.2, 0) is 17.9 Å². The molecular formula is C23H29BrN4O2. The Morgan fingerprint density at radius 3 is 2.33 bits per heavy atom. The number of hydrogen-bond donors (Lipinski definition) is 1. The van der Waals surface area contributed by atoms with Crippen LogP contribution in [0.5, 0.6) is 5.75 Å². The molecule has 2 aliphatic heterocycles. The van der Waals surface area contributed by atoms with Gasteiger partial charge in [-0.2, -0.15) is 0 Å². The lowest BCUT2D eigenvalue weighted by Gasteiger charge is -2.38. The molecule has 0 aliphatic carbocycles. The quantitative estimate of drug-likeness (QED) is 0.724. The SMILES string of the molecule is O=C(C1CCN(Cc2ccncc2)CC1)N1CCN(Cc2cc(Br)ccc2O)CC1. The third-order valence-electron chi connectivity index (χ3n) is 6.21. The van der Waals surface area contributed by atoms with E-state index in [1.54, 1.807) is 6.07 Å². The molecule has 0 bridgehead atoms. The molecule has 6 nitrogen and oxygen atoms in total. The third kappa shape index (κ3) is 5.39. The van der Waals surface area contributed by atoms with Gasteiger partial charge in [-0.15, -0.1) is 0 Å². The largest absolute Gasteiger partial charge is 0.508 e. The van der Waals surface area contributed by atoms with Crippen molar-refractivity contribution in [2.24, 2.45) is 5.92 Å². The number of aromatic nitrogens is 1. The summed E-state index contributed by atoms with van der Waals surface area (Å²) in [5.41, 5.74) is 2.20. The van der Waals surface area contributed by atoms with Crippen LogP contribution in [0, 0.1) is 5.92 Å². The molecule has 1 N–H and O–H groups in total. The van der Waals surface area contributed by atoms with Crippen LogP contribution in [0.15, 0.2) is 47.2 Å². The molecule has 0 atom stereocenters. The van der Waals surface area contributed by atoms with Gasteiger partial charge in [0.05, 0.1) is 0 Å². The molecule has 0 spiro atoms. The van der Waals surface area contributed by atoms with E-state index in [2.05, 4.69) is 42.8 Å². The first kappa shape index (κ1) is 21.3. The van der Waals surface area contributed by atoms with E-state index in [1.165, 1.54) is 5.56 Å². The molecule has 1 aromatic heterocycles. The Labute approximate surface area is 186 Å². The summed E-state index contributed by atoms with van der Waals surface area (Å²) in [6.45, 7) is 6.82. The molecule has 2 aromatic rings. The van der Waals surface area contributed by atoms with Gasteiger partial charge in [0.1, 0.15) is 5.75 Å². The fourth-order valence-electron chi connectivity index (χ4n) is 4.39. The molecule has 2 fully saturated rings. The van der Waals surface area contributed by atoms with Crippen molar-refractivity contribution in [3.63, 3.8) is 0 Å². The average Bonchev–Trinajstić information content (AvgIpc) is 2.78. The summed E-state index contributed by atoms with van der Waals surface area (Å²) in [4.78, 5) is 23.9. The van der Waals surface area contributed by atoms with Gasteiger partial charge in [0.25, 0.3) is 0 Å². The molecule has 3 heterocycles. The number of rotatable bonds is 5. The van der Waals surface area contributed by atoms with Crippen LogP contribution in [0.2, 0.25) is 0 Å². The second-order valence-corrected chi connectivity index (χ2v) is 9.20. The Hall–Kier alpha value is -1.96. The summed E-state index contributed by atoms with van der Waals surface area (Å²) in [7, 11) is 0. The standard InChI is InChI=1S/C23H29BrN4O2/c24-21-1-2-22(29)20(15-21)17-27-11-13-28(14-12-27)23(30)19-5-9-26(10-6-19)16-18-3-7-25-8-4-18/h1-4,7-8,15,19,29H,5-6,9-14,16-17H2. The maximum absolute atomic E-state index is 13.0. The summed E-state index contributed by atoms with van der Waals surface area (Å²) in [5.74, 6) is 0.804. The highest BCUT2D eigenvalue weighted by Gasteiger charge is 2.30. The van der Waals surface area contributed by atoms with Crippen LogP contribution in [0.3, 0.4) is 0 Å². The predicted octanol–water partition coefficient (Wildman–Crippen LogP) is 3.11. The van der Waals surface area contributed by atoms with Gasteiger partial charge in [0.15, 0.2) is 0 Å². The van der Waals surface area contributed by atoms with E-state index in [0.29, 0.717) is 18.2 Å². The number of benzene rings is 1. The summed E-state index contributed by atoms with van der Waals surface area (Å²) in [6, 6.07) is 9.65. The number of piperazine rings is 1. The van der Waals surface area contributed by atoms with E-state index in [4.69, 9.17) is 0 Å². The first-order valence-corrected chi connectivity index (χ1v) is 11.5. The minimum Gasteiger partial charge on any atom is -0.508 e. The Bertz CT molecular complexity index is 848. The lowest BCUT2D eigenvalue weighted by atomic mass is 9.94. The highest BCUT2D eigenvalue weighted by Crippen LogP contribution is 2.25. The number of carbonyl (C=O) groups excluding carboxylic acids is 1. The molecule has 0 radical (unpaired) electrons. The highest BCUT2D eigenvalue weighted by atomic mass is 79.9. The second-order valence-electron chi connectivity index (χ2n) is 8.28. The number of likely N-dealkylation sites (tertiary alicyclic amines) is 1. The van der Waals surface area contributed by atoms with Gasteiger partial charge >= 0.3 is 0 Å². The number of phenols is 1. The smallest absolute Gasteiger partial charge is 0.225 e. The fraction of sp³-hybridized carbons (Fsp3) is 0.478. The number of halogens is 1. The number of hydrogen-bond acceptors (Lipinski definition) is 5. The van der Waals surface area contributed by atoms with Gasteiger partial charge in [0.2, 0.25) is 5.91 Å². The molecule has 2 aliphatic rings. The first-order chi connectivity index (χ1) is 14.6. The Morgan fingerprint density at radius 1 is 0.967 bits per heavy atom. The van der Waals surface area contributed by atoms with Crippen molar-refractivity contribution in [1.29, 1.82) is 0 Å². The molecule has 0 unspecified atom stereocenters. The molecule has 160 valence electrons. The number of phenolic OH excluding ortho intramolecular Hbond substituents is 1. The fourth-order valence-corrected chi connectivity index (χ4v) is 4.80. The van der Waals surface area contributed by atoms with E-state index in [0.717, 1.165) is 68.7 Å². The predicted molar refractivity (Wildman–Crippen MR) is 120 cm³/mol. The molecule has 1 aromatic carbocycles. The van der Waals surface area contributed by atoms with Crippen LogP contribution < -0.4 is 0 Å². The zero-order chi connectivity index (χ0) is 20.9. The zero-order valence-corrected chi connectivity index (χ0v) is 18.8. The highest BCUT2D eigenvalue weighted by molar-refractivity contribution is 9.10. The Morgan fingerprint density at radius 2 is 1.63 bits per heavy atom. The first-order valence-electron chi connectivity index (χ1n) is 10.7. The van der Waals surface area contributed by atoms with Crippen molar-refractivity contribution in [3.05, 3.63) is 58.3 Å². The second kappa shape index (κ2) is 9.90. The third-order valence-corrected chi connectivity index (χ3v) is 6.71. The normalized spacial score (nSPS) is 19.2. The van der Waals surface area contributed by atoms with Crippen molar-refractivity contribution in [3.8, 4) is 5.75 Å². The topological polar surface area (TPSA) is 59.9 Å². The van der Waals surface area contributed by atoms with Crippen molar-refractivity contribution in [1.82, 2.24) is 19.7 Å². The average molecular weight is 473 g/mol. The van der Waals surface area contributed by atoms with Crippen molar-refractivity contribution in [2.75, 3.05) is 39.3 Å². The molecule has 1 amide bonds. The van der Waals surface area contributed by atoms with Crippen LogP contribution in [0.25, 0.3) is 0 Å².